The van der Waals surface area contributed by atoms with Crippen LogP contribution in [-0.2, 0) is 9.59 Å². The lowest BCUT2D eigenvalue weighted by molar-refractivity contribution is -0.122. The average molecular weight is 431 g/mol. The minimum atomic E-state index is -0.698. The third-order valence-corrected chi connectivity index (χ3v) is 5.30. The molecule has 0 spiro atoms. The number of likely N-dealkylation sites (N-methyl/N-ethyl adjacent to an activating group) is 1. The zero-order valence-electron chi connectivity index (χ0n) is 18.0. The smallest absolute Gasteiger partial charge is 0.259 e. The van der Waals surface area contributed by atoms with Gasteiger partial charge in [-0.25, -0.2) is 0 Å². The number of amides is 2. The van der Waals surface area contributed by atoms with Crippen LogP contribution in [0.15, 0.2) is 61.3 Å². The second-order valence-electron chi connectivity index (χ2n) is 7.91. The van der Waals surface area contributed by atoms with Crippen LogP contribution in [0.2, 0.25) is 0 Å². The topological polar surface area (TPSA) is 83.8 Å². The van der Waals surface area contributed by atoms with Crippen molar-refractivity contribution in [2.45, 2.75) is 6.10 Å². The Morgan fingerprint density at radius 3 is 2.44 bits per heavy atom. The molecule has 1 aliphatic heterocycles. The molecule has 1 aromatic heterocycles. The second-order valence-corrected chi connectivity index (χ2v) is 7.91. The summed E-state index contributed by atoms with van der Waals surface area (Å²) in [7, 11) is 3.73. The zero-order valence-corrected chi connectivity index (χ0v) is 18.0. The van der Waals surface area contributed by atoms with E-state index in [1.165, 1.54) is 0 Å². The third kappa shape index (κ3) is 3.95. The number of ether oxygens (including phenoxy) is 1. The number of nitrogens with one attached hydrogen (secondary N) is 1. The van der Waals surface area contributed by atoms with E-state index in [1.54, 1.807) is 36.7 Å². The van der Waals surface area contributed by atoms with E-state index in [0.29, 0.717) is 23.4 Å². The molecule has 0 bridgehead atoms. The van der Waals surface area contributed by atoms with Crippen LogP contribution >= 0.6 is 0 Å². The highest BCUT2D eigenvalue weighted by Gasteiger charge is 2.35. The summed E-state index contributed by atoms with van der Waals surface area (Å²) < 4.78 is 7.70. The third-order valence-electron chi connectivity index (χ3n) is 5.30. The molecular weight excluding hydrogens is 406 g/mol. The summed E-state index contributed by atoms with van der Waals surface area (Å²) >= 11 is 0. The van der Waals surface area contributed by atoms with Crippen molar-refractivity contribution in [2.75, 3.05) is 27.2 Å². The molecule has 3 aromatic rings. The summed E-state index contributed by atoms with van der Waals surface area (Å²) in [5, 5.41) is 13.4. The fourth-order valence-corrected chi connectivity index (χ4v) is 3.98. The lowest BCUT2D eigenvalue weighted by Gasteiger charge is -2.18. The molecule has 7 heteroatoms. The maximum absolute atomic E-state index is 12.9. The number of carbonyl (C=O) groups is 2. The number of hydrogen-bond donors (Lipinski definition) is 2. The lowest BCUT2D eigenvalue weighted by Crippen LogP contribution is -2.30. The Bertz CT molecular complexity index is 1240. The molecule has 1 atom stereocenters. The van der Waals surface area contributed by atoms with Crippen LogP contribution in [0.3, 0.4) is 0 Å². The molecule has 0 radical (unpaired) electrons. The average Bonchev–Trinajstić information content (AvgIpc) is 3.28. The summed E-state index contributed by atoms with van der Waals surface area (Å²) in [5.74, 6) is -0.514. The number of para-hydroxylation sites is 2. The molecule has 1 aliphatic rings. The Balaban J connectivity index is 1.83. The van der Waals surface area contributed by atoms with Gasteiger partial charge < -0.3 is 19.3 Å². The molecule has 4 rings (SSSR count). The van der Waals surface area contributed by atoms with E-state index >= 15 is 0 Å². The van der Waals surface area contributed by atoms with Gasteiger partial charge in [-0.05, 0) is 26.2 Å². The highest BCUT2D eigenvalue weighted by molar-refractivity contribution is 6.50. The van der Waals surface area contributed by atoms with Crippen LogP contribution < -0.4 is 10.1 Å². The molecule has 0 fully saturated rings. The van der Waals surface area contributed by atoms with Crippen molar-refractivity contribution in [1.29, 1.82) is 0 Å². The van der Waals surface area contributed by atoms with Crippen LogP contribution in [0.25, 0.3) is 28.2 Å². The van der Waals surface area contributed by atoms with E-state index < -0.39 is 17.9 Å². The molecule has 32 heavy (non-hydrogen) atoms. The van der Waals surface area contributed by atoms with Crippen molar-refractivity contribution in [3.05, 3.63) is 72.4 Å². The maximum Gasteiger partial charge on any atom is 0.259 e. The molecule has 2 aromatic carbocycles. The highest BCUT2D eigenvalue weighted by Crippen LogP contribution is 2.38. The minimum Gasteiger partial charge on any atom is -0.490 e. The van der Waals surface area contributed by atoms with E-state index in [4.69, 9.17) is 4.74 Å². The van der Waals surface area contributed by atoms with E-state index in [0.717, 1.165) is 10.9 Å². The van der Waals surface area contributed by atoms with Gasteiger partial charge >= 0.3 is 0 Å². The van der Waals surface area contributed by atoms with Crippen LogP contribution in [0.1, 0.15) is 11.1 Å². The van der Waals surface area contributed by atoms with Crippen LogP contribution in [0.5, 0.6) is 5.75 Å². The molecule has 7 nitrogen and oxygen atoms in total. The summed E-state index contributed by atoms with van der Waals surface area (Å²) in [4.78, 5) is 27.6. The molecule has 0 aliphatic carbocycles. The summed E-state index contributed by atoms with van der Waals surface area (Å²) in [5.41, 5.74) is 2.56. The number of rotatable bonds is 8. The number of hydrogen-bond acceptors (Lipinski definition) is 5. The Morgan fingerprint density at radius 2 is 1.72 bits per heavy atom. The Hall–Kier alpha value is -3.68. The number of aliphatic hydroxyl groups is 1. The molecule has 0 saturated carbocycles. The lowest BCUT2D eigenvalue weighted by atomic mass is 9.95. The molecule has 2 heterocycles. The van der Waals surface area contributed by atoms with Gasteiger partial charge in [-0.3, -0.25) is 14.9 Å². The van der Waals surface area contributed by atoms with Crippen molar-refractivity contribution in [2.24, 2.45) is 0 Å². The number of nitrogens with zero attached hydrogens (tertiary/aromatic N) is 2. The van der Waals surface area contributed by atoms with Crippen LogP contribution in [0, 0.1) is 0 Å². The molecule has 2 amide bonds. The zero-order chi connectivity index (χ0) is 22.8. The normalized spacial score (nSPS) is 14.9. The van der Waals surface area contributed by atoms with Crippen molar-refractivity contribution in [3.63, 3.8) is 0 Å². The van der Waals surface area contributed by atoms with Crippen molar-refractivity contribution in [1.82, 2.24) is 14.8 Å². The number of aromatic nitrogens is 1. The summed E-state index contributed by atoms with van der Waals surface area (Å²) in [6.07, 6.45) is 2.76. The molecule has 164 valence electrons. The van der Waals surface area contributed by atoms with Gasteiger partial charge in [-0.2, -0.15) is 0 Å². The first-order chi connectivity index (χ1) is 15.4. The predicted octanol–water partition coefficient (Wildman–Crippen LogP) is 2.61. The van der Waals surface area contributed by atoms with Crippen LogP contribution in [-0.4, -0.2) is 59.7 Å². The molecule has 1 unspecified atom stereocenters. The van der Waals surface area contributed by atoms with Crippen molar-refractivity contribution in [3.8, 4) is 5.75 Å². The van der Waals surface area contributed by atoms with Crippen molar-refractivity contribution >= 4 is 40.1 Å². The SMILES string of the molecule is C=Cn1cc(C2=C(c3ccccc3OCC(O)CN(C)C)C(=O)NC2=O)c2ccccc21. The van der Waals surface area contributed by atoms with E-state index in [1.807, 2.05) is 47.8 Å². The van der Waals surface area contributed by atoms with Gasteiger partial charge in [-0.1, -0.05) is 43.0 Å². The Morgan fingerprint density at radius 1 is 1.06 bits per heavy atom. The first-order valence-electron chi connectivity index (χ1n) is 10.3. The van der Waals surface area contributed by atoms with E-state index in [2.05, 4.69) is 11.9 Å². The Labute approximate surface area is 186 Å². The fraction of sp³-hybridized carbons (Fsp3) is 0.200. The van der Waals surface area contributed by atoms with E-state index in [-0.39, 0.29) is 17.8 Å². The minimum absolute atomic E-state index is 0.0587. The number of benzene rings is 2. The van der Waals surface area contributed by atoms with Gasteiger partial charge in [-0.15, -0.1) is 0 Å². The first kappa shape index (κ1) is 21.5. The summed E-state index contributed by atoms with van der Waals surface area (Å²) in [6, 6.07) is 14.7. The molecular formula is C25H25N3O4. The van der Waals surface area contributed by atoms with Gasteiger partial charge in [0.15, 0.2) is 0 Å². The standard InChI is InChI=1S/C25H25N3O4/c1-4-28-14-19(17-9-5-7-11-20(17)28)23-22(24(30)26-25(23)31)18-10-6-8-12-21(18)32-15-16(29)13-27(2)3/h4-12,14,16,29H,1,13,15H2,2-3H3,(H,26,30,31). The predicted molar refractivity (Wildman–Crippen MR) is 125 cm³/mol. The second kappa shape index (κ2) is 8.82. The van der Waals surface area contributed by atoms with Gasteiger partial charge in [0.2, 0.25) is 0 Å². The van der Waals surface area contributed by atoms with Crippen molar-refractivity contribution < 1.29 is 19.4 Å². The highest BCUT2D eigenvalue weighted by atomic mass is 16.5. The maximum atomic E-state index is 12.9. The first-order valence-corrected chi connectivity index (χ1v) is 10.3. The van der Waals surface area contributed by atoms with Gasteiger partial charge in [0, 0.05) is 35.5 Å². The number of imide groups is 1. The van der Waals surface area contributed by atoms with E-state index in [9.17, 15) is 14.7 Å². The van der Waals surface area contributed by atoms with Crippen LogP contribution in [0.4, 0.5) is 0 Å². The molecule has 2 N–H and O–H groups in total. The monoisotopic (exact) mass is 431 g/mol. The summed E-state index contributed by atoms with van der Waals surface area (Å²) in [6.45, 7) is 4.34. The Kier molecular flexibility index (Phi) is 5.94. The molecule has 0 saturated heterocycles. The van der Waals surface area contributed by atoms with Gasteiger partial charge in [0.05, 0.1) is 16.7 Å². The number of carbonyl (C=O) groups excluding carboxylic acids is 2. The number of aliphatic hydroxyl groups excluding tert-OH is 1. The van der Waals surface area contributed by atoms with Gasteiger partial charge in [0.1, 0.15) is 18.5 Å². The number of fused-ring (bicyclic) bond motifs is 1. The quantitative estimate of drug-likeness (QED) is 0.536. The fourth-order valence-electron chi connectivity index (χ4n) is 3.98. The largest absolute Gasteiger partial charge is 0.490 e. The van der Waals surface area contributed by atoms with Gasteiger partial charge in [0.25, 0.3) is 11.8 Å².